The molecule has 0 saturated carbocycles. The van der Waals surface area contributed by atoms with Crippen LogP contribution < -0.4 is 5.32 Å². The van der Waals surface area contributed by atoms with Crippen molar-refractivity contribution in [2.45, 2.75) is 64.1 Å². The highest BCUT2D eigenvalue weighted by atomic mass is 15.2. The third-order valence-electron chi connectivity index (χ3n) is 3.99. The number of rotatable bonds is 1. The number of hydrogen-bond donors (Lipinski definition) is 1. The molecule has 82 valence electrons. The van der Waals surface area contributed by atoms with Crippen LogP contribution in [0.5, 0.6) is 0 Å². The molecule has 2 nitrogen and oxygen atoms in total. The first kappa shape index (κ1) is 10.4. The largest absolute Gasteiger partial charge is 0.317 e. The fourth-order valence-electron chi connectivity index (χ4n) is 3.27. The molecular formula is C12H24N2. The topological polar surface area (TPSA) is 15.3 Å². The van der Waals surface area contributed by atoms with E-state index >= 15 is 0 Å². The highest BCUT2D eigenvalue weighted by Gasteiger charge is 2.31. The summed E-state index contributed by atoms with van der Waals surface area (Å²) >= 11 is 0. The second kappa shape index (κ2) is 4.63. The van der Waals surface area contributed by atoms with Crippen LogP contribution in [0.3, 0.4) is 0 Å². The maximum Gasteiger partial charge on any atom is 0.0125 e. The van der Waals surface area contributed by atoms with E-state index in [-0.39, 0.29) is 0 Å². The Morgan fingerprint density at radius 2 is 1.50 bits per heavy atom. The third-order valence-corrected chi connectivity index (χ3v) is 3.99. The first-order valence-electron chi connectivity index (χ1n) is 6.27. The fraction of sp³-hybridized carbons (Fsp3) is 1.00. The number of nitrogens with zero attached hydrogens (tertiary/aromatic N) is 1. The van der Waals surface area contributed by atoms with Crippen LogP contribution in [0.2, 0.25) is 0 Å². The lowest BCUT2D eigenvalue weighted by Crippen LogP contribution is -2.52. The van der Waals surface area contributed by atoms with E-state index in [1.54, 1.807) is 0 Å². The molecule has 2 saturated heterocycles. The molecule has 0 amide bonds. The summed E-state index contributed by atoms with van der Waals surface area (Å²) < 4.78 is 0. The molecular weight excluding hydrogens is 172 g/mol. The maximum atomic E-state index is 3.46. The van der Waals surface area contributed by atoms with E-state index in [1.807, 2.05) is 0 Å². The average molecular weight is 196 g/mol. The predicted octanol–water partition coefficient (Wildman–Crippen LogP) is 2.00. The van der Waals surface area contributed by atoms with Crippen molar-refractivity contribution in [2.24, 2.45) is 0 Å². The lowest BCUT2D eigenvalue weighted by molar-refractivity contribution is 0.0406. The minimum atomic E-state index is 0.821. The molecule has 2 rings (SSSR count). The van der Waals surface area contributed by atoms with Gasteiger partial charge in [-0.2, -0.15) is 0 Å². The standard InChI is InChI=1S/C12H24N2/c1-10-4-3-5-11(2)14(10)12-6-8-13-9-7-12/h10-13H,3-9H2,1-2H3/t10-,11+. The Labute approximate surface area is 88.1 Å². The van der Waals surface area contributed by atoms with Crippen LogP contribution in [0.1, 0.15) is 46.0 Å². The van der Waals surface area contributed by atoms with Gasteiger partial charge in [0, 0.05) is 18.1 Å². The Kier molecular flexibility index (Phi) is 3.45. The predicted molar refractivity (Wildman–Crippen MR) is 60.5 cm³/mol. The molecule has 0 aromatic carbocycles. The van der Waals surface area contributed by atoms with E-state index in [4.69, 9.17) is 0 Å². The molecule has 2 aliphatic rings. The monoisotopic (exact) mass is 196 g/mol. The van der Waals surface area contributed by atoms with Crippen LogP contribution in [0, 0.1) is 0 Å². The van der Waals surface area contributed by atoms with E-state index in [2.05, 4.69) is 24.1 Å². The Bertz CT molecular complexity index is 165. The summed E-state index contributed by atoms with van der Waals surface area (Å²) in [4.78, 5) is 2.80. The van der Waals surface area contributed by atoms with Crippen molar-refractivity contribution in [3.63, 3.8) is 0 Å². The Morgan fingerprint density at radius 3 is 2.07 bits per heavy atom. The van der Waals surface area contributed by atoms with Crippen molar-refractivity contribution >= 4 is 0 Å². The van der Waals surface area contributed by atoms with Crippen LogP contribution in [-0.2, 0) is 0 Å². The number of nitrogens with one attached hydrogen (secondary N) is 1. The van der Waals surface area contributed by atoms with Crippen LogP contribution in [0.15, 0.2) is 0 Å². The van der Waals surface area contributed by atoms with E-state index in [9.17, 15) is 0 Å². The van der Waals surface area contributed by atoms with Crippen LogP contribution in [-0.4, -0.2) is 36.1 Å². The van der Waals surface area contributed by atoms with Crippen LogP contribution in [0.4, 0.5) is 0 Å². The third kappa shape index (κ3) is 2.12. The van der Waals surface area contributed by atoms with Gasteiger partial charge in [-0.05, 0) is 52.6 Å². The highest BCUT2D eigenvalue weighted by Crippen LogP contribution is 2.27. The summed E-state index contributed by atoms with van der Waals surface area (Å²) in [6.45, 7) is 7.27. The Balaban J connectivity index is 1.97. The van der Waals surface area contributed by atoms with Gasteiger partial charge in [0.05, 0.1) is 0 Å². The molecule has 1 N–H and O–H groups in total. The van der Waals surface area contributed by atoms with Gasteiger partial charge in [0.1, 0.15) is 0 Å². The quantitative estimate of drug-likeness (QED) is 0.690. The van der Waals surface area contributed by atoms with Crippen LogP contribution in [0.25, 0.3) is 0 Å². The molecule has 0 aromatic heterocycles. The van der Waals surface area contributed by atoms with E-state index < -0.39 is 0 Å². The summed E-state index contributed by atoms with van der Waals surface area (Å²) in [6.07, 6.45) is 6.97. The minimum absolute atomic E-state index is 0.821. The Morgan fingerprint density at radius 1 is 0.929 bits per heavy atom. The summed E-state index contributed by atoms with van der Waals surface area (Å²) in [5.74, 6) is 0. The summed E-state index contributed by atoms with van der Waals surface area (Å²) in [7, 11) is 0. The van der Waals surface area contributed by atoms with E-state index in [0.717, 1.165) is 18.1 Å². The molecule has 0 unspecified atom stereocenters. The normalized spacial score (nSPS) is 37.3. The molecule has 0 aliphatic carbocycles. The van der Waals surface area contributed by atoms with Crippen molar-refractivity contribution < 1.29 is 0 Å². The lowest BCUT2D eigenvalue weighted by Gasteiger charge is -2.45. The fourth-order valence-corrected chi connectivity index (χ4v) is 3.27. The Hall–Kier alpha value is -0.0800. The van der Waals surface area contributed by atoms with Gasteiger partial charge in [-0.15, -0.1) is 0 Å². The zero-order valence-corrected chi connectivity index (χ0v) is 9.63. The van der Waals surface area contributed by atoms with Gasteiger partial charge < -0.3 is 5.32 Å². The van der Waals surface area contributed by atoms with Crippen molar-refractivity contribution in [1.82, 2.24) is 10.2 Å². The molecule has 0 bridgehead atoms. The number of piperidine rings is 2. The van der Waals surface area contributed by atoms with Gasteiger partial charge in [-0.3, -0.25) is 4.90 Å². The van der Waals surface area contributed by atoms with Gasteiger partial charge in [0.15, 0.2) is 0 Å². The zero-order valence-electron chi connectivity index (χ0n) is 9.63. The number of likely N-dealkylation sites (tertiary alicyclic amines) is 1. The maximum absolute atomic E-state index is 3.46. The molecule has 2 fully saturated rings. The van der Waals surface area contributed by atoms with Crippen molar-refractivity contribution in [1.29, 1.82) is 0 Å². The minimum Gasteiger partial charge on any atom is -0.317 e. The summed E-state index contributed by atoms with van der Waals surface area (Å²) in [6, 6.07) is 2.50. The van der Waals surface area contributed by atoms with Gasteiger partial charge in [0.2, 0.25) is 0 Å². The lowest BCUT2D eigenvalue weighted by atomic mass is 9.92. The van der Waals surface area contributed by atoms with Gasteiger partial charge in [-0.1, -0.05) is 6.42 Å². The van der Waals surface area contributed by atoms with Crippen molar-refractivity contribution in [2.75, 3.05) is 13.1 Å². The van der Waals surface area contributed by atoms with Gasteiger partial charge in [-0.25, -0.2) is 0 Å². The van der Waals surface area contributed by atoms with Crippen LogP contribution >= 0.6 is 0 Å². The smallest absolute Gasteiger partial charge is 0.0125 e. The van der Waals surface area contributed by atoms with E-state index in [0.29, 0.717) is 0 Å². The first-order valence-corrected chi connectivity index (χ1v) is 6.27. The highest BCUT2D eigenvalue weighted by molar-refractivity contribution is 4.87. The van der Waals surface area contributed by atoms with Crippen molar-refractivity contribution in [3.05, 3.63) is 0 Å². The van der Waals surface area contributed by atoms with E-state index in [1.165, 1.54) is 45.2 Å². The molecule has 2 heteroatoms. The molecule has 0 aromatic rings. The molecule has 2 atom stereocenters. The molecule has 0 spiro atoms. The second-order valence-corrected chi connectivity index (χ2v) is 5.06. The van der Waals surface area contributed by atoms with Gasteiger partial charge in [0.25, 0.3) is 0 Å². The summed E-state index contributed by atoms with van der Waals surface area (Å²) in [5, 5.41) is 3.46. The molecule has 0 radical (unpaired) electrons. The molecule has 2 heterocycles. The average Bonchev–Trinajstić information content (AvgIpc) is 2.19. The number of hydrogen-bond acceptors (Lipinski definition) is 2. The molecule has 14 heavy (non-hydrogen) atoms. The van der Waals surface area contributed by atoms with Crippen molar-refractivity contribution in [3.8, 4) is 0 Å². The zero-order chi connectivity index (χ0) is 9.97. The molecule has 2 aliphatic heterocycles. The second-order valence-electron chi connectivity index (χ2n) is 5.06. The van der Waals surface area contributed by atoms with Gasteiger partial charge >= 0.3 is 0 Å². The SMILES string of the molecule is C[C@@H]1CCC[C@H](C)N1C1CCNCC1. The summed E-state index contributed by atoms with van der Waals surface area (Å²) in [5.41, 5.74) is 0. The first-order chi connectivity index (χ1) is 6.79.